The van der Waals surface area contributed by atoms with Crippen molar-refractivity contribution in [1.82, 2.24) is 0 Å². The van der Waals surface area contributed by atoms with Crippen molar-refractivity contribution < 1.29 is 10.0 Å². The smallest absolute Gasteiger partial charge is 0.244 e. The van der Waals surface area contributed by atoms with E-state index in [9.17, 15) is 15.2 Å². The highest BCUT2D eigenvalue weighted by molar-refractivity contribution is 4.78. The number of nitrogens with zero attached hydrogens (tertiary/aromatic N) is 1. The quantitative estimate of drug-likeness (QED) is 0.206. The SMILES string of the molecule is CCCCCCCCCCCC(CO)(CCCCCC)[N+](=O)[O-]. The van der Waals surface area contributed by atoms with Gasteiger partial charge in [-0.05, 0) is 12.8 Å². The minimum atomic E-state index is -1.09. The van der Waals surface area contributed by atoms with Crippen molar-refractivity contribution in [1.29, 1.82) is 0 Å². The van der Waals surface area contributed by atoms with Gasteiger partial charge in [-0.3, -0.25) is 10.1 Å². The van der Waals surface area contributed by atoms with Gasteiger partial charge in [0.15, 0.2) is 0 Å². The van der Waals surface area contributed by atoms with E-state index < -0.39 is 5.54 Å². The second kappa shape index (κ2) is 14.9. The fourth-order valence-corrected chi connectivity index (χ4v) is 3.17. The molecular weight excluding hydrogens is 290 g/mol. The molecule has 0 aliphatic carbocycles. The largest absolute Gasteiger partial charge is 0.389 e. The molecule has 0 radical (unpaired) electrons. The Kier molecular flexibility index (Phi) is 14.5. The van der Waals surface area contributed by atoms with E-state index in [1.165, 1.54) is 44.9 Å². The average Bonchev–Trinajstić information content (AvgIpc) is 2.55. The van der Waals surface area contributed by atoms with Gasteiger partial charge in [-0.15, -0.1) is 0 Å². The topological polar surface area (TPSA) is 63.4 Å². The van der Waals surface area contributed by atoms with E-state index in [1.807, 2.05) is 0 Å². The van der Waals surface area contributed by atoms with Crippen LogP contribution in [-0.2, 0) is 0 Å². The summed E-state index contributed by atoms with van der Waals surface area (Å²) in [5.41, 5.74) is -1.09. The van der Waals surface area contributed by atoms with Crippen LogP contribution in [0.3, 0.4) is 0 Å². The molecule has 0 aromatic rings. The van der Waals surface area contributed by atoms with Gasteiger partial charge in [0.25, 0.3) is 0 Å². The molecule has 0 fully saturated rings. The van der Waals surface area contributed by atoms with E-state index >= 15 is 0 Å². The first-order chi connectivity index (χ1) is 11.1. The Balaban J connectivity index is 3.90. The second-order valence-corrected chi connectivity index (χ2v) is 7.03. The summed E-state index contributed by atoms with van der Waals surface area (Å²) in [6.45, 7) is 4.04. The first-order valence-electron chi connectivity index (χ1n) is 9.88. The molecule has 4 nitrogen and oxygen atoms in total. The predicted molar refractivity (Wildman–Crippen MR) is 97.4 cm³/mol. The maximum atomic E-state index is 11.4. The number of hydrogen-bond donors (Lipinski definition) is 1. The van der Waals surface area contributed by atoms with Gasteiger partial charge in [-0.2, -0.15) is 0 Å². The molecule has 0 amide bonds. The van der Waals surface area contributed by atoms with Crippen LogP contribution in [0.4, 0.5) is 0 Å². The van der Waals surface area contributed by atoms with Crippen LogP contribution in [0.1, 0.15) is 110 Å². The summed E-state index contributed by atoms with van der Waals surface area (Å²) >= 11 is 0. The first-order valence-corrected chi connectivity index (χ1v) is 9.88. The Morgan fingerprint density at radius 3 is 1.43 bits per heavy atom. The van der Waals surface area contributed by atoms with Gasteiger partial charge < -0.3 is 5.11 Å². The molecule has 138 valence electrons. The van der Waals surface area contributed by atoms with Crippen LogP contribution in [0.5, 0.6) is 0 Å². The highest BCUT2D eigenvalue weighted by Gasteiger charge is 2.40. The van der Waals surface area contributed by atoms with Crippen LogP contribution in [0.15, 0.2) is 0 Å². The average molecular weight is 330 g/mol. The molecule has 0 aliphatic rings. The van der Waals surface area contributed by atoms with E-state index in [0.717, 1.165) is 38.5 Å². The third-order valence-electron chi connectivity index (χ3n) is 4.92. The molecule has 4 heteroatoms. The third-order valence-corrected chi connectivity index (χ3v) is 4.92. The number of hydrogen-bond acceptors (Lipinski definition) is 3. The van der Waals surface area contributed by atoms with Crippen molar-refractivity contribution in [2.45, 2.75) is 116 Å². The van der Waals surface area contributed by atoms with Crippen LogP contribution in [0, 0.1) is 10.1 Å². The van der Waals surface area contributed by atoms with Gasteiger partial charge in [0, 0.05) is 17.8 Å². The van der Waals surface area contributed by atoms with E-state index in [-0.39, 0.29) is 11.5 Å². The van der Waals surface area contributed by atoms with Gasteiger partial charge in [0.1, 0.15) is 6.61 Å². The number of rotatable bonds is 17. The summed E-state index contributed by atoms with van der Waals surface area (Å²) in [7, 11) is 0. The van der Waals surface area contributed by atoms with Crippen LogP contribution in [0.25, 0.3) is 0 Å². The van der Waals surface area contributed by atoms with Crippen molar-refractivity contribution in [2.75, 3.05) is 6.61 Å². The van der Waals surface area contributed by atoms with E-state index in [2.05, 4.69) is 13.8 Å². The molecule has 1 unspecified atom stereocenters. The Morgan fingerprint density at radius 2 is 1.09 bits per heavy atom. The van der Waals surface area contributed by atoms with E-state index in [0.29, 0.717) is 12.8 Å². The summed E-state index contributed by atoms with van der Waals surface area (Å²) in [6.07, 6.45) is 16.1. The molecule has 0 spiro atoms. The number of aliphatic hydroxyl groups is 1. The number of nitro groups is 1. The molecule has 0 saturated heterocycles. The summed E-state index contributed by atoms with van der Waals surface area (Å²) in [5.74, 6) is 0. The Bertz CT molecular complexity index is 284. The normalized spacial score (nSPS) is 13.9. The fourth-order valence-electron chi connectivity index (χ4n) is 3.17. The fraction of sp³-hybridized carbons (Fsp3) is 1.00. The molecule has 23 heavy (non-hydrogen) atoms. The van der Waals surface area contributed by atoms with Crippen molar-refractivity contribution >= 4 is 0 Å². The lowest BCUT2D eigenvalue weighted by molar-refractivity contribution is -0.576. The lowest BCUT2D eigenvalue weighted by Gasteiger charge is -2.23. The molecule has 1 atom stereocenters. The Hall–Kier alpha value is -0.640. The second-order valence-electron chi connectivity index (χ2n) is 7.03. The van der Waals surface area contributed by atoms with Gasteiger partial charge in [-0.25, -0.2) is 0 Å². The van der Waals surface area contributed by atoms with Crippen molar-refractivity contribution in [3.63, 3.8) is 0 Å². The highest BCUT2D eigenvalue weighted by atomic mass is 16.6. The van der Waals surface area contributed by atoms with Crippen molar-refractivity contribution in [3.8, 4) is 0 Å². The minimum Gasteiger partial charge on any atom is -0.389 e. The van der Waals surface area contributed by atoms with E-state index in [4.69, 9.17) is 0 Å². The zero-order chi connectivity index (χ0) is 17.4. The lowest BCUT2D eigenvalue weighted by Crippen LogP contribution is -2.42. The van der Waals surface area contributed by atoms with Crippen LogP contribution < -0.4 is 0 Å². The summed E-state index contributed by atoms with van der Waals surface area (Å²) in [5, 5.41) is 21.0. The summed E-state index contributed by atoms with van der Waals surface area (Å²) in [6, 6.07) is 0. The minimum absolute atomic E-state index is 0.219. The zero-order valence-corrected chi connectivity index (χ0v) is 15.5. The molecular formula is C19H39NO3. The predicted octanol–water partition coefficient (Wildman–Crippen LogP) is 5.89. The van der Waals surface area contributed by atoms with Crippen molar-refractivity contribution in [2.24, 2.45) is 0 Å². The molecule has 1 N–H and O–H groups in total. The van der Waals surface area contributed by atoms with Gasteiger partial charge in [-0.1, -0.05) is 84.5 Å². The van der Waals surface area contributed by atoms with Crippen LogP contribution in [-0.4, -0.2) is 22.2 Å². The lowest BCUT2D eigenvalue weighted by atomic mass is 9.87. The molecule has 0 aliphatic heterocycles. The van der Waals surface area contributed by atoms with Crippen molar-refractivity contribution in [3.05, 3.63) is 10.1 Å². The molecule has 0 heterocycles. The maximum absolute atomic E-state index is 11.4. The van der Waals surface area contributed by atoms with E-state index in [1.54, 1.807) is 0 Å². The molecule has 0 aromatic heterocycles. The number of aliphatic hydroxyl groups excluding tert-OH is 1. The molecule has 0 rings (SSSR count). The first kappa shape index (κ1) is 22.4. The van der Waals surface area contributed by atoms with Crippen LogP contribution in [0.2, 0.25) is 0 Å². The standard InChI is InChI=1S/C19H39NO3/c1-3-5-7-9-10-11-12-13-15-17-19(18-21,20(22)23)16-14-8-6-4-2/h21H,3-18H2,1-2H3. The monoisotopic (exact) mass is 329 g/mol. The Morgan fingerprint density at radius 1 is 0.739 bits per heavy atom. The zero-order valence-electron chi connectivity index (χ0n) is 15.5. The third kappa shape index (κ3) is 10.7. The Labute approximate surface area is 143 Å². The molecule has 0 bridgehead atoms. The van der Waals surface area contributed by atoms with Gasteiger partial charge >= 0.3 is 0 Å². The maximum Gasteiger partial charge on any atom is 0.244 e. The highest BCUT2D eigenvalue weighted by Crippen LogP contribution is 2.26. The summed E-state index contributed by atoms with van der Waals surface area (Å²) < 4.78 is 0. The number of unbranched alkanes of at least 4 members (excludes halogenated alkanes) is 11. The summed E-state index contributed by atoms with van der Waals surface area (Å²) in [4.78, 5) is 11.2. The van der Waals surface area contributed by atoms with Gasteiger partial charge in [0.2, 0.25) is 5.54 Å². The van der Waals surface area contributed by atoms with Crippen LogP contribution >= 0.6 is 0 Å². The molecule has 0 saturated carbocycles. The molecule has 0 aromatic carbocycles. The van der Waals surface area contributed by atoms with Gasteiger partial charge in [0.05, 0.1) is 0 Å².